The van der Waals surface area contributed by atoms with E-state index >= 15 is 0 Å². The van der Waals surface area contributed by atoms with E-state index in [1.807, 2.05) is 36.4 Å². The second kappa shape index (κ2) is 8.34. The van der Waals surface area contributed by atoms with Crippen molar-refractivity contribution in [1.29, 1.82) is 0 Å². The Morgan fingerprint density at radius 2 is 1.95 bits per heavy atom. The molecular formula is C17H17BrN2O2. The van der Waals surface area contributed by atoms with E-state index in [4.69, 9.17) is 4.74 Å². The molecule has 0 atom stereocenters. The Labute approximate surface area is 138 Å². The van der Waals surface area contributed by atoms with Gasteiger partial charge in [0.2, 0.25) is 0 Å². The lowest BCUT2D eigenvalue weighted by Gasteiger charge is -2.04. The van der Waals surface area contributed by atoms with E-state index in [2.05, 4.69) is 33.4 Å². The van der Waals surface area contributed by atoms with E-state index in [1.165, 1.54) is 0 Å². The molecule has 0 saturated carbocycles. The summed E-state index contributed by atoms with van der Waals surface area (Å²) in [5, 5.41) is 3.96. The third-order valence-electron chi connectivity index (χ3n) is 2.85. The van der Waals surface area contributed by atoms with Crippen LogP contribution in [0, 0.1) is 0 Å². The van der Waals surface area contributed by atoms with Crippen LogP contribution in [0.5, 0.6) is 5.75 Å². The smallest absolute Gasteiger partial charge is 0.272 e. The Kier molecular flexibility index (Phi) is 6.15. The summed E-state index contributed by atoms with van der Waals surface area (Å²) < 4.78 is 6.24. The van der Waals surface area contributed by atoms with E-state index < -0.39 is 0 Å². The summed E-state index contributed by atoms with van der Waals surface area (Å²) in [6.45, 7) is 2.77. The fourth-order valence-electron chi connectivity index (χ4n) is 1.74. The number of nitrogens with one attached hydrogen (secondary N) is 1. The van der Waals surface area contributed by atoms with Gasteiger partial charge in [0.25, 0.3) is 5.91 Å². The Bertz CT molecular complexity index is 654. The Balaban J connectivity index is 1.92. The first-order valence-electron chi connectivity index (χ1n) is 7.01. The van der Waals surface area contributed by atoms with Crippen LogP contribution in [-0.2, 0) is 0 Å². The van der Waals surface area contributed by atoms with Crippen LogP contribution in [0.3, 0.4) is 0 Å². The van der Waals surface area contributed by atoms with Crippen molar-refractivity contribution in [1.82, 2.24) is 5.43 Å². The Morgan fingerprint density at radius 1 is 1.23 bits per heavy atom. The van der Waals surface area contributed by atoms with Crippen LogP contribution in [-0.4, -0.2) is 18.7 Å². The van der Waals surface area contributed by atoms with E-state index in [1.54, 1.807) is 18.3 Å². The predicted octanol–water partition coefficient (Wildman–Crippen LogP) is 4.00. The van der Waals surface area contributed by atoms with Crippen molar-refractivity contribution in [2.24, 2.45) is 5.10 Å². The van der Waals surface area contributed by atoms with Gasteiger partial charge >= 0.3 is 0 Å². The highest BCUT2D eigenvalue weighted by molar-refractivity contribution is 9.10. The summed E-state index contributed by atoms with van der Waals surface area (Å²) in [5.74, 6) is 0.572. The molecule has 0 bridgehead atoms. The number of hydrogen-bond donors (Lipinski definition) is 1. The average molecular weight is 361 g/mol. The number of carbonyl (C=O) groups is 1. The van der Waals surface area contributed by atoms with Gasteiger partial charge in [0.05, 0.1) is 18.4 Å². The molecule has 0 saturated heterocycles. The van der Waals surface area contributed by atoms with Crippen LogP contribution in [0.15, 0.2) is 58.1 Å². The number of carbonyl (C=O) groups excluding carboxylic acids is 1. The van der Waals surface area contributed by atoms with Gasteiger partial charge in [0.15, 0.2) is 0 Å². The molecule has 0 aliphatic carbocycles. The molecule has 2 aromatic rings. The number of hydrazone groups is 1. The SMILES string of the molecule is CCCOc1ccc(/C=N/NC(=O)c2ccccc2Br)cc1. The molecular weight excluding hydrogens is 344 g/mol. The minimum absolute atomic E-state index is 0.258. The number of halogens is 1. The molecule has 2 aromatic carbocycles. The molecule has 0 spiro atoms. The predicted molar refractivity (Wildman–Crippen MR) is 91.4 cm³/mol. The van der Waals surface area contributed by atoms with E-state index in [-0.39, 0.29) is 5.91 Å². The highest BCUT2D eigenvalue weighted by Gasteiger charge is 2.07. The van der Waals surface area contributed by atoms with Gasteiger partial charge in [0.1, 0.15) is 5.75 Å². The second-order valence-electron chi connectivity index (χ2n) is 4.60. The van der Waals surface area contributed by atoms with Crippen LogP contribution < -0.4 is 10.2 Å². The third-order valence-corrected chi connectivity index (χ3v) is 3.54. The number of hydrogen-bond acceptors (Lipinski definition) is 3. The lowest BCUT2D eigenvalue weighted by molar-refractivity contribution is 0.0954. The zero-order valence-corrected chi connectivity index (χ0v) is 13.8. The normalized spacial score (nSPS) is 10.6. The number of nitrogens with zero attached hydrogens (tertiary/aromatic N) is 1. The monoisotopic (exact) mass is 360 g/mol. The highest BCUT2D eigenvalue weighted by atomic mass is 79.9. The number of rotatable bonds is 6. The molecule has 0 unspecified atom stereocenters. The number of ether oxygens (including phenoxy) is 1. The second-order valence-corrected chi connectivity index (χ2v) is 5.45. The molecule has 5 heteroatoms. The summed E-state index contributed by atoms with van der Waals surface area (Å²) in [5.41, 5.74) is 3.94. The first kappa shape index (κ1) is 16.2. The minimum atomic E-state index is -0.258. The largest absolute Gasteiger partial charge is 0.494 e. The molecule has 114 valence electrons. The lowest BCUT2D eigenvalue weighted by Crippen LogP contribution is -2.18. The molecule has 0 fully saturated rings. The quantitative estimate of drug-likeness (QED) is 0.625. The molecule has 0 aromatic heterocycles. The maximum atomic E-state index is 12.0. The zero-order chi connectivity index (χ0) is 15.8. The number of benzene rings is 2. The van der Waals surface area contributed by atoms with Gasteiger partial charge in [0, 0.05) is 4.47 Å². The van der Waals surface area contributed by atoms with Gasteiger partial charge < -0.3 is 4.74 Å². The van der Waals surface area contributed by atoms with Gasteiger partial charge in [-0.2, -0.15) is 5.10 Å². The third kappa shape index (κ3) is 4.70. The summed E-state index contributed by atoms with van der Waals surface area (Å²) in [7, 11) is 0. The standard InChI is InChI=1S/C17H17BrN2O2/c1-2-11-22-14-9-7-13(8-10-14)12-19-20-17(21)15-5-3-4-6-16(15)18/h3-10,12H,2,11H2,1H3,(H,20,21)/b19-12+. The summed E-state index contributed by atoms with van der Waals surface area (Å²) in [6, 6.07) is 14.7. The summed E-state index contributed by atoms with van der Waals surface area (Å²) in [4.78, 5) is 12.0. The Hall–Kier alpha value is -2.14. The van der Waals surface area contributed by atoms with Crippen LogP contribution in [0.1, 0.15) is 29.3 Å². The van der Waals surface area contributed by atoms with Gasteiger partial charge in [-0.1, -0.05) is 19.1 Å². The fraction of sp³-hybridized carbons (Fsp3) is 0.176. The maximum absolute atomic E-state index is 12.0. The average Bonchev–Trinajstić information content (AvgIpc) is 2.54. The first-order chi connectivity index (χ1) is 10.7. The zero-order valence-electron chi connectivity index (χ0n) is 12.3. The fourth-order valence-corrected chi connectivity index (χ4v) is 2.21. The lowest BCUT2D eigenvalue weighted by atomic mass is 10.2. The van der Waals surface area contributed by atoms with Gasteiger partial charge in [-0.05, 0) is 64.3 Å². The molecule has 1 amide bonds. The highest BCUT2D eigenvalue weighted by Crippen LogP contribution is 2.15. The molecule has 22 heavy (non-hydrogen) atoms. The van der Waals surface area contributed by atoms with Crippen molar-refractivity contribution in [3.05, 3.63) is 64.1 Å². The van der Waals surface area contributed by atoms with Crippen molar-refractivity contribution >= 4 is 28.1 Å². The van der Waals surface area contributed by atoms with E-state index in [0.717, 1.165) is 22.2 Å². The first-order valence-corrected chi connectivity index (χ1v) is 7.81. The molecule has 4 nitrogen and oxygen atoms in total. The van der Waals surface area contributed by atoms with Crippen LogP contribution in [0.25, 0.3) is 0 Å². The van der Waals surface area contributed by atoms with Crippen molar-refractivity contribution in [3.8, 4) is 5.75 Å². The van der Waals surface area contributed by atoms with Gasteiger partial charge in [-0.3, -0.25) is 4.79 Å². The van der Waals surface area contributed by atoms with Crippen molar-refractivity contribution < 1.29 is 9.53 Å². The molecule has 0 aliphatic heterocycles. The summed E-state index contributed by atoms with van der Waals surface area (Å²) >= 11 is 3.34. The van der Waals surface area contributed by atoms with Crippen molar-refractivity contribution in [2.75, 3.05) is 6.61 Å². The molecule has 0 heterocycles. The van der Waals surface area contributed by atoms with Crippen LogP contribution in [0.2, 0.25) is 0 Å². The summed E-state index contributed by atoms with van der Waals surface area (Å²) in [6.07, 6.45) is 2.57. The molecule has 2 rings (SSSR count). The molecule has 1 N–H and O–H groups in total. The van der Waals surface area contributed by atoms with Crippen molar-refractivity contribution in [2.45, 2.75) is 13.3 Å². The maximum Gasteiger partial charge on any atom is 0.272 e. The topological polar surface area (TPSA) is 50.7 Å². The van der Waals surface area contributed by atoms with Gasteiger partial charge in [-0.25, -0.2) is 5.43 Å². The van der Waals surface area contributed by atoms with Crippen LogP contribution in [0.4, 0.5) is 0 Å². The van der Waals surface area contributed by atoms with Crippen LogP contribution >= 0.6 is 15.9 Å². The number of amides is 1. The molecule has 0 radical (unpaired) electrons. The van der Waals surface area contributed by atoms with E-state index in [9.17, 15) is 4.79 Å². The van der Waals surface area contributed by atoms with Crippen molar-refractivity contribution in [3.63, 3.8) is 0 Å². The minimum Gasteiger partial charge on any atom is -0.494 e. The Morgan fingerprint density at radius 3 is 2.64 bits per heavy atom. The van der Waals surface area contributed by atoms with E-state index in [0.29, 0.717) is 12.2 Å². The van der Waals surface area contributed by atoms with Gasteiger partial charge in [-0.15, -0.1) is 0 Å². The molecule has 0 aliphatic rings.